The highest BCUT2D eigenvalue weighted by Gasteiger charge is 2.03. The first-order chi connectivity index (χ1) is 9.42. The van der Waals surface area contributed by atoms with Gasteiger partial charge >= 0.3 is 0 Å². The van der Waals surface area contributed by atoms with Gasteiger partial charge in [0, 0.05) is 18.0 Å². The van der Waals surface area contributed by atoms with Gasteiger partial charge in [0.1, 0.15) is 0 Å². The number of hydrogen-bond donors (Lipinski definition) is 0. The number of alkyl halides is 1. The highest BCUT2D eigenvalue weighted by Crippen LogP contribution is 2.23. The van der Waals surface area contributed by atoms with E-state index in [1.807, 2.05) is 18.5 Å². The Morgan fingerprint density at radius 3 is 2.47 bits per heavy atom. The van der Waals surface area contributed by atoms with E-state index in [4.69, 9.17) is 0 Å². The predicted octanol–water partition coefficient (Wildman–Crippen LogP) is 5.12. The van der Waals surface area contributed by atoms with E-state index >= 15 is 0 Å². The Morgan fingerprint density at radius 2 is 1.79 bits per heavy atom. The number of benzene rings is 1. The lowest BCUT2D eigenvalue weighted by molar-refractivity contribution is 0.831. The lowest BCUT2D eigenvalue weighted by Gasteiger charge is -2.08. The molecule has 0 amide bonds. The number of pyridine rings is 1. The van der Waals surface area contributed by atoms with Crippen molar-refractivity contribution in [1.29, 1.82) is 0 Å². The minimum absolute atomic E-state index is 1.13. The van der Waals surface area contributed by atoms with Crippen molar-refractivity contribution in [3.8, 4) is 0 Å². The maximum Gasteiger partial charge on any atom is 0.0346 e. The molecule has 0 N–H and O–H groups in total. The summed E-state index contributed by atoms with van der Waals surface area (Å²) in [5, 5.41) is 0. The first-order valence-electron chi connectivity index (χ1n) is 6.64. The van der Waals surface area contributed by atoms with Gasteiger partial charge in [0.05, 0.1) is 0 Å². The predicted molar refractivity (Wildman–Crippen MR) is 90.5 cm³/mol. The Balaban J connectivity index is 2.24. The molecule has 2 aromatic rings. The van der Waals surface area contributed by atoms with Crippen molar-refractivity contribution in [2.24, 2.45) is 0 Å². The standard InChI is InChI=1S/C17H18IN/c18-12-6-2-5-11-17(15-8-3-1-4-9-15)16-10-7-13-19-14-16/h1,3-4,7-11,13-14H,2,5-6,12H2. The average molecular weight is 363 g/mol. The van der Waals surface area contributed by atoms with Gasteiger partial charge in [-0.25, -0.2) is 0 Å². The molecule has 0 unspecified atom stereocenters. The van der Waals surface area contributed by atoms with Gasteiger partial charge in [-0.1, -0.05) is 65.1 Å². The van der Waals surface area contributed by atoms with Crippen LogP contribution in [0.3, 0.4) is 0 Å². The van der Waals surface area contributed by atoms with Crippen molar-refractivity contribution >= 4 is 28.2 Å². The molecule has 1 heterocycles. The fraction of sp³-hybridized carbons (Fsp3) is 0.235. The van der Waals surface area contributed by atoms with Crippen LogP contribution in [0.25, 0.3) is 5.57 Å². The number of aromatic nitrogens is 1. The van der Waals surface area contributed by atoms with Gasteiger partial charge in [0.15, 0.2) is 0 Å². The molecular formula is C17H18IN. The highest BCUT2D eigenvalue weighted by atomic mass is 127. The van der Waals surface area contributed by atoms with E-state index in [0.717, 1.165) is 6.42 Å². The van der Waals surface area contributed by atoms with E-state index in [2.05, 4.69) is 70.0 Å². The molecule has 0 atom stereocenters. The Hall–Kier alpha value is -1.16. The summed E-state index contributed by atoms with van der Waals surface area (Å²) >= 11 is 2.44. The fourth-order valence-corrected chi connectivity index (χ4v) is 2.57. The molecule has 0 aliphatic heterocycles. The minimum atomic E-state index is 1.13. The second-order valence-electron chi connectivity index (χ2n) is 4.41. The van der Waals surface area contributed by atoms with Crippen molar-refractivity contribution < 1.29 is 0 Å². The maximum absolute atomic E-state index is 4.23. The molecule has 0 bridgehead atoms. The number of hydrogen-bond acceptors (Lipinski definition) is 1. The van der Waals surface area contributed by atoms with Crippen molar-refractivity contribution in [2.75, 3.05) is 4.43 Å². The summed E-state index contributed by atoms with van der Waals surface area (Å²) in [5.74, 6) is 0. The number of allylic oxidation sites excluding steroid dienone is 1. The van der Waals surface area contributed by atoms with E-state index < -0.39 is 0 Å². The molecule has 1 nitrogen and oxygen atoms in total. The molecule has 0 radical (unpaired) electrons. The zero-order valence-electron chi connectivity index (χ0n) is 10.9. The lowest BCUT2D eigenvalue weighted by atomic mass is 9.98. The van der Waals surface area contributed by atoms with Crippen LogP contribution in [0.15, 0.2) is 60.9 Å². The second-order valence-corrected chi connectivity index (χ2v) is 5.49. The molecule has 1 aromatic carbocycles. The highest BCUT2D eigenvalue weighted by molar-refractivity contribution is 14.1. The summed E-state index contributed by atoms with van der Waals surface area (Å²) in [4.78, 5) is 4.23. The summed E-state index contributed by atoms with van der Waals surface area (Å²) in [6.45, 7) is 0. The van der Waals surface area contributed by atoms with Crippen LogP contribution in [0, 0.1) is 0 Å². The molecule has 0 fully saturated rings. The molecule has 0 aliphatic rings. The molecule has 0 spiro atoms. The first kappa shape index (κ1) is 14.3. The number of nitrogens with zero attached hydrogens (tertiary/aromatic N) is 1. The van der Waals surface area contributed by atoms with E-state index in [-0.39, 0.29) is 0 Å². The van der Waals surface area contributed by atoms with Crippen LogP contribution in [0.4, 0.5) is 0 Å². The smallest absolute Gasteiger partial charge is 0.0346 e. The molecule has 98 valence electrons. The number of rotatable bonds is 6. The average Bonchev–Trinajstić information content (AvgIpc) is 2.49. The molecule has 1 aromatic heterocycles. The number of unbranched alkanes of at least 4 members (excludes halogenated alkanes) is 2. The molecule has 19 heavy (non-hydrogen) atoms. The molecule has 0 aliphatic carbocycles. The Bertz CT molecular complexity index is 464. The van der Waals surface area contributed by atoms with Gasteiger partial charge in [-0.3, -0.25) is 4.98 Å². The molecule has 2 heteroatoms. The topological polar surface area (TPSA) is 12.9 Å². The van der Waals surface area contributed by atoms with Crippen LogP contribution in [0.2, 0.25) is 0 Å². The SMILES string of the molecule is ICCCCC=C(c1ccccc1)c1cccnc1. The third-order valence-electron chi connectivity index (χ3n) is 2.99. The first-order valence-corrected chi connectivity index (χ1v) is 8.16. The van der Waals surface area contributed by atoms with Crippen LogP contribution in [0.1, 0.15) is 30.4 Å². The van der Waals surface area contributed by atoms with Gasteiger partial charge in [0.2, 0.25) is 0 Å². The maximum atomic E-state index is 4.23. The number of halogens is 1. The van der Waals surface area contributed by atoms with Crippen LogP contribution in [0.5, 0.6) is 0 Å². The Morgan fingerprint density at radius 1 is 1.00 bits per heavy atom. The van der Waals surface area contributed by atoms with E-state index in [1.54, 1.807) is 0 Å². The van der Waals surface area contributed by atoms with Gasteiger partial charge in [-0.2, -0.15) is 0 Å². The van der Waals surface area contributed by atoms with Crippen LogP contribution < -0.4 is 0 Å². The van der Waals surface area contributed by atoms with Gasteiger partial charge < -0.3 is 0 Å². The van der Waals surface area contributed by atoms with Gasteiger partial charge in [0.25, 0.3) is 0 Å². The summed E-state index contributed by atoms with van der Waals surface area (Å²) in [6.07, 6.45) is 9.77. The van der Waals surface area contributed by atoms with Crippen molar-refractivity contribution in [3.63, 3.8) is 0 Å². The van der Waals surface area contributed by atoms with Crippen LogP contribution in [-0.4, -0.2) is 9.41 Å². The molecule has 2 rings (SSSR count). The van der Waals surface area contributed by atoms with Gasteiger partial charge in [-0.05, 0) is 40.9 Å². The Kier molecular flexibility index (Phi) is 6.08. The summed E-state index contributed by atoms with van der Waals surface area (Å²) in [7, 11) is 0. The minimum Gasteiger partial charge on any atom is -0.264 e. The molecular weight excluding hydrogens is 345 g/mol. The molecule has 0 saturated heterocycles. The fourth-order valence-electron chi connectivity index (χ4n) is 2.03. The largest absolute Gasteiger partial charge is 0.264 e. The van der Waals surface area contributed by atoms with Crippen molar-refractivity contribution in [3.05, 3.63) is 72.1 Å². The third-order valence-corrected chi connectivity index (χ3v) is 3.76. The van der Waals surface area contributed by atoms with Gasteiger partial charge in [-0.15, -0.1) is 0 Å². The molecule has 0 saturated carbocycles. The summed E-state index contributed by atoms with van der Waals surface area (Å²) in [6, 6.07) is 14.7. The monoisotopic (exact) mass is 363 g/mol. The zero-order valence-corrected chi connectivity index (χ0v) is 13.1. The van der Waals surface area contributed by atoms with Crippen LogP contribution in [-0.2, 0) is 0 Å². The third kappa shape index (κ3) is 4.46. The normalized spacial score (nSPS) is 11.5. The Labute approximate surface area is 128 Å². The lowest BCUT2D eigenvalue weighted by Crippen LogP contribution is -1.89. The van der Waals surface area contributed by atoms with Crippen molar-refractivity contribution in [2.45, 2.75) is 19.3 Å². The summed E-state index contributed by atoms with van der Waals surface area (Å²) < 4.78 is 1.24. The zero-order chi connectivity index (χ0) is 13.3. The van der Waals surface area contributed by atoms with E-state index in [9.17, 15) is 0 Å². The van der Waals surface area contributed by atoms with Crippen molar-refractivity contribution in [1.82, 2.24) is 4.98 Å². The van der Waals surface area contributed by atoms with Crippen LogP contribution >= 0.6 is 22.6 Å². The van der Waals surface area contributed by atoms with E-state index in [0.29, 0.717) is 0 Å². The summed E-state index contributed by atoms with van der Waals surface area (Å²) in [5.41, 5.74) is 3.76. The quantitative estimate of drug-likeness (QED) is 0.394. The van der Waals surface area contributed by atoms with E-state index in [1.165, 1.54) is 34.0 Å². The second kappa shape index (κ2) is 8.10.